The normalized spacial score (nSPS) is 19.9. The number of hydrogen-bond donors (Lipinski definition) is 1. The van der Waals surface area contributed by atoms with Gasteiger partial charge in [0.15, 0.2) is 5.41 Å². The van der Waals surface area contributed by atoms with Crippen LogP contribution in [0.25, 0.3) is 0 Å². The van der Waals surface area contributed by atoms with Gasteiger partial charge in [-0.1, -0.05) is 19.8 Å². The molecule has 5 nitrogen and oxygen atoms in total. The van der Waals surface area contributed by atoms with E-state index in [4.69, 9.17) is 15.9 Å². The molecule has 1 aliphatic rings. The molecule has 0 aliphatic carbocycles. The van der Waals surface area contributed by atoms with Crippen molar-refractivity contribution in [3.05, 3.63) is 0 Å². The van der Waals surface area contributed by atoms with Crippen molar-refractivity contribution in [1.82, 2.24) is 5.32 Å². The number of nitrogens with one attached hydrogen (secondary N) is 1. The minimum atomic E-state index is -1.18. The van der Waals surface area contributed by atoms with E-state index in [1.165, 1.54) is 0 Å². The molecule has 100 valence electrons. The number of cyclic esters (lactones) is 2. The molecule has 0 aromatic rings. The molecule has 1 rings (SSSR count). The van der Waals surface area contributed by atoms with Crippen molar-refractivity contribution in [2.24, 2.45) is 5.41 Å². The van der Waals surface area contributed by atoms with Crippen molar-refractivity contribution in [2.45, 2.75) is 52.5 Å². The van der Waals surface area contributed by atoms with E-state index in [9.17, 15) is 9.59 Å². The SMILES string of the molecule is C#CC(C)(C)NC1OC(=O)C(CC)(CC)C(=O)O1. The fraction of sp³-hybridized carbons (Fsp3) is 0.692. The molecule has 0 aromatic carbocycles. The zero-order chi connectivity index (χ0) is 14.0. The molecule has 0 spiro atoms. The van der Waals surface area contributed by atoms with Gasteiger partial charge < -0.3 is 9.47 Å². The van der Waals surface area contributed by atoms with Gasteiger partial charge in [-0.05, 0) is 26.7 Å². The smallest absolute Gasteiger partial charge is 0.327 e. The Labute approximate surface area is 107 Å². The summed E-state index contributed by atoms with van der Waals surface area (Å²) in [6.07, 6.45) is 4.89. The predicted molar refractivity (Wildman–Crippen MR) is 65.0 cm³/mol. The zero-order valence-electron chi connectivity index (χ0n) is 11.2. The number of carbonyl (C=O) groups excluding carboxylic acids is 2. The lowest BCUT2D eigenvalue weighted by atomic mass is 9.82. The van der Waals surface area contributed by atoms with E-state index in [1.807, 2.05) is 0 Å². The van der Waals surface area contributed by atoms with Crippen molar-refractivity contribution in [3.63, 3.8) is 0 Å². The van der Waals surface area contributed by atoms with Gasteiger partial charge in [0.05, 0.1) is 5.54 Å². The van der Waals surface area contributed by atoms with Crippen LogP contribution in [0.15, 0.2) is 0 Å². The maximum atomic E-state index is 12.0. The molecule has 1 aliphatic heterocycles. The predicted octanol–water partition coefficient (Wildman–Crippen LogP) is 1.18. The van der Waals surface area contributed by atoms with Gasteiger partial charge in [-0.25, -0.2) is 5.32 Å². The third-order valence-electron chi connectivity index (χ3n) is 3.26. The summed E-state index contributed by atoms with van der Waals surface area (Å²) in [6.45, 7) is 6.95. The van der Waals surface area contributed by atoms with Crippen molar-refractivity contribution < 1.29 is 19.1 Å². The highest BCUT2D eigenvalue weighted by Gasteiger charge is 2.51. The molecule has 1 saturated heterocycles. The Bertz CT molecular complexity index is 370. The maximum absolute atomic E-state index is 12.0. The van der Waals surface area contributed by atoms with Crippen molar-refractivity contribution >= 4 is 11.9 Å². The summed E-state index contributed by atoms with van der Waals surface area (Å²) in [6, 6.07) is 0. The Balaban J connectivity index is 2.84. The molecule has 0 unspecified atom stereocenters. The van der Waals surface area contributed by atoms with Crippen LogP contribution in [-0.4, -0.2) is 23.9 Å². The number of ether oxygens (including phenoxy) is 2. The van der Waals surface area contributed by atoms with E-state index >= 15 is 0 Å². The fourth-order valence-corrected chi connectivity index (χ4v) is 1.75. The summed E-state index contributed by atoms with van der Waals surface area (Å²) >= 11 is 0. The summed E-state index contributed by atoms with van der Waals surface area (Å²) in [4.78, 5) is 23.9. The highest BCUT2D eigenvalue weighted by molar-refractivity contribution is 6.01. The highest BCUT2D eigenvalue weighted by atomic mass is 16.7. The minimum Gasteiger partial charge on any atom is -0.410 e. The lowest BCUT2D eigenvalue weighted by Crippen LogP contribution is -2.57. The van der Waals surface area contributed by atoms with Crippen LogP contribution in [0, 0.1) is 17.8 Å². The molecule has 0 aromatic heterocycles. The molecular formula is C13H19NO4. The lowest BCUT2D eigenvalue weighted by molar-refractivity contribution is -0.232. The first-order valence-electron chi connectivity index (χ1n) is 5.99. The second-order valence-corrected chi connectivity index (χ2v) is 4.85. The van der Waals surface area contributed by atoms with Gasteiger partial charge in [0.25, 0.3) is 0 Å². The topological polar surface area (TPSA) is 64.6 Å². The van der Waals surface area contributed by atoms with Gasteiger partial charge in [-0.3, -0.25) is 9.59 Å². The number of rotatable bonds is 4. The van der Waals surface area contributed by atoms with Gasteiger partial charge in [0, 0.05) is 0 Å². The summed E-state index contributed by atoms with van der Waals surface area (Å²) < 4.78 is 10.2. The van der Waals surface area contributed by atoms with Crippen LogP contribution in [0.3, 0.4) is 0 Å². The van der Waals surface area contributed by atoms with Gasteiger partial charge >= 0.3 is 18.4 Å². The minimum absolute atomic E-state index is 0.354. The zero-order valence-corrected chi connectivity index (χ0v) is 11.2. The fourth-order valence-electron chi connectivity index (χ4n) is 1.75. The average molecular weight is 253 g/mol. The summed E-state index contributed by atoms with van der Waals surface area (Å²) in [5, 5.41) is 2.77. The van der Waals surface area contributed by atoms with E-state index in [0.717, 1.165) is 0 Å². The van der Waals surface area contributed by atoms with Crippen molar-refractivity contribution in [2.75, 3.05) is 0 Å². The Hall–Kier alpha value is -1.54. The molecular weight excluding hydrogens is 234 g/mol. The first kappa shape index (κ1) is 14.5. The van der Waals surface area contributed by atoms with E-state index in [-0.39, 0.29) is 0 Å². The van der Waals surface area contributed by atoms with Gasteiger partial charge in [0.1, 0.15) is 0 Å². The molecule has 5 heteroatoms. The van der Waals surface area contributed by atoms with E-state index in [2.05, 4.69) is 11.2 Å². The van der Waals surface area contributed by atoms with Gasteiger partial charge in [0.2, 0.25) is 0 Å². The summed E-state index contributed by atoms with van der Waals surface area (Å²) in [5.41, 5.74) is -1.91. The van der Waals surface area contributed by atoms with Crippen LogP contribution in [0.1, 0.15) is 40.5 Å². The number of terminal acetylenes is 1. The molecule has 1 N–H and O–H groups in total. The highest BCUT2D eigenvalue weighted by Crippen LogP contribution is 2.34. The number of esters is 2. The Morgan fingerprint density at radius 2 is 1.72 bits per heavy atom. The second-order valence-electron chi connectivity index (χ2n) is 4.85. The average Bonchev–Trinajstić information content (AvgIpc) is 2.29. The van der Waals surface area contributed by atoms with Crippen LogP contribution in [-0.2, 0) is 19.1 Å². The molecule has 0 bridgehead atoms. The number of carbonyl (C=O) groups is 2. The van der Waals surface area contributed by atoms with Gasteiger partial charge in [-0.2, -0.15) is 0 Å². The summed E-state index contributed by atoms with van der Waals surface area (Å²) in [7, 11) is 0. The molecule has 0 amide bonds. The van der Waals surface area contributed by atoms with Crippen LogP contribution in [0.4, 0.5) is 0 Å². The number of hydrogen-bond acceptors (Lipinski definition) is 5. The van der Waals surface area contributed by atoms with Crippen molar-refractivity contribution in [1.29, 1.82) is 0 Å². The van der Waals surface area contributed by atoms with E-state index in [1.54, 1.807) is 27.7 Å². The van der Waals surface area contributed by atoms with E-state index < -0.39 is 29.3 Å². The van der Waals surface area contributed by atoms with E-state index in [0.29, 0.717) is 12.8 Å². The third-order valence-corrected chi connectivity index (χ3v) is 3.26. The van der Waals surface area contributed by atoms with Gasteiger partial charge in [-0.15, -0.1) is 6.42 Å². The Kier molecular flexibility index (Phi) is 4.02. The monoisotopic (exact) mass is 253 g/mol. The first-order valence-corrected chi connectivity index (χ1v) is 5.99. The first-order chi connectivity index (χ1) is 8.31. The molecule has 0 saturated carbocycles. The van der Waals surface area contributed by atoms with Crippen LogP contribution >= 0.6 is 0 Å². The molecule has 1 fully saturated rings. The van der Waals surface area contributed by atoms with Crippen LogP contribution < -0.4 is 5.32 Å². The third kappa shape index (κ3) is 2.49. The van der Waals surface area contributed by atoms with Crippen LogP contribution in [0.2, 0.25) is 0 Å². The lowest BCUT2D eigenvalue weighted by Gasteiger charge is -2.37. The molecule has 0 atom stereocenters. The second kappa shape index (κ2) is 4.99. The van der Waals surface area contributed by atoms with Crippen molar-refractivity contribution in [3.8, 4) is 12.3 Å². The Morgan fingerprint density at radius 3 is 2.06 bits per heavy atom. The summed E-state index contributed by atoms with van der Waals surface area (Å²) in [5.74, 6) is 1.35. The maximum Gasteiger partial charge on any atom is 0.327 e. The molecule has 18 heavy (non-hydrogen) atoms. The standard InChI is InChI=1S/C13H19NO4/c1-6-12(4,5)14-11-17-9(15)13(7-2,8-3)10(16)18-11/h1,11,14H,7-8H2,2-5H3. The Morgan fingerprint density at radius 1 is 1.28 bits per heavy atom. The quantitative estimate of drug-likeness (QED) is 0.463. The van der Waals surface area contributed by atoms with Crippen LogP contribution in [0.5, 0.6) is 0 Å². The molecule has 0 radical (unpaired) electrons. The molecule has 1 heterocycles. The largest absolute Gasteiger partial charge is 0.410 e.